The zero-order valence-corrected chi connectivity index (χ0v) is 14.5. The molecule has 3 heterocycles. The van der Waals surface area contributed by atoms with E-state index in [0.29, 0.717) is 13.0 Å². The first-order valence-corrected chi connectivity index (χ1v) is 8.58. The van der Waals surface area contributed by atoms with E-state index in [4.69, 9.17) is 5.73 Å². The summed E-state index contributed by atoms with van der Waals surface area (Å²) in [5.74, 6) is -1.67. The second kappa shape index (κ2) is 7.23. The van der Waals surface area contributed by atoms with Crippen LogP contribution in [0.15, 0.2) is 24.4 Å². The van der Waals surface area contributed by atoms with Crippen molar-refractivity contribution < 1.29 is 19.2 Å². The Kier molecular flexibility index (Phi) is 5.01. The predicted octanol–water partition coefficient (Wildman–Crippen LogP) is -0.208. The van der Waals surface area contributed by atoms with Gasteiger partial charge in [0.2, 0.25) is 11.8 Å². The Hall–Kier alpha value is -2.77. The maximum Gasteiger partial charge on any atom is 0.273 e. The van der Waals surface area contributed by atoms with Crippen LogP contribution >= 0.6 is 0 Å². The molecule has 0 spiro atoms. The summed E-state index contributed by atoms with van der Waals surface area (Å²) in [6.07, 6.45) is 3.70. The average Bonchev–Trinajstić information content (AvgIpc) is 3.21. The molecule has 3 atom stereocenters. The van der Waals surface area contributed by atoms with Crippen LogP contribution in [0.5, 0.6) is 0 Å². The number of aromatic nitrogens is 1. The molecule has 1 radical (unpaired) electrons. The molecule has 137 valence electrons. The van der Waals surface area contributed by atoms with E-state index in [1.807, 2.05) is 0 Å². The maximum atomic E-state index is 12.7. The van der Waals surface area contributed by atoms with Crippen LogP contribution in [0.25, 0.3) is 0 Å². The lowest BCUT2D eigenvalue weighted by atomic mass is 10.0. The first-order chi connectivity index (χ1) is 12.4. The molecule has 26 heavy (non-hydrogen) atoms. The van der Waals surface area contributed by atoms with Crippen LogP contribution in [0.2, 0.25) is 0 Å². The van der Waals surface area contributed by atoms with E-state index in [1.54, 1.807) is 25.1 Å². The molecule has 1 aromatic rings. The van der Waals surface area contributed by atoms with Gasteiger partial charge in [-0.2, -0.15) is 0 Å². The molecule has 2 saturated heterocycles. The number of ketones is 1. The summed E-state index contributed by atoms with van der Waals surface area (Å²) in [4.78, 5) is 55.7. The first kappa shape index (κ1) is 18.0. The quantitative estimate of drug-likeness (QED) is 0.783. The fraction of sp³-hybridized carbons (Fsp3) is 0.444. The largest absolute Gasteiger partial charge is 0.369 e. The van der Waals surface area contributed by atoms with Crippen LogP contribution in [0.3, 0.4) is 0 Å². The molecule has 0 aliphatic carbocycles. The molecule has 8 heteroatoms. The van der Waals surface area contributed by atoms with E-state index in [-0.39, 0.29) is 42.3 Å². The molecule has 8 nitrogen and oxygen atoms in total. The second-order valence-electron chi connectivity index (χ2n) is 6.69. The molecular weight excluding hydrogens is 336 g/mol. The maximum absolute atomic E-state index is 12.7. The number of carbonyl (C=O) groups is 4. The fourth-order valence-corrected chi connectivity index (χ4v) is 3.49. The van der Waals surface area contributed by atoms with Crippen molar-refractivity contribution in [3.8, 4) is 0 Å². The number of primary amides is 1. The summed E-state index contributed by atoms with van der Waals surface area (Å²) in [6, 6.07) is 4.08. The van der Waals surface area contributed by atoms with Gasteiger partial charge in [0, 0.05) is 18.7 Å². The van der Waals surface area contributed by atoms with Gasteiger partial charge in [0.05, 0.1) is 19.0 Å². The zero-order chi connectivity index (χ0) is 18.8. The third-order valence-electron chi connectivity index (χ3n) is 4.98. The van der Waals surface area contributed by atoms with Crippen LogP contribution in [-0.4, -0.2) is 63.5 Å². The van der Waals surface area contributed by atoms with Gasteiger partial charge in [-0.3, -0.25) is 24.2 Å². The molecule has 1 aromatic heterocycles. The van der Waals surface area contributed by atoms with E-state index in [2.05, 4.69) is 4.98 Å². The van der Waals surface area contributed by atoms with Gasteiger partial charge in [0.25, 0.3) is 5.91 Å². The molecule has 2 aliphatic rings. The highest BCUT2D eigenvalue weighted by Crippen LogP contribution is 2.31. The first-order valence-electron chi connectivity index (χ1n) is 8.58. The minimum absolute atomic E-state index is 0.0216. The average molecular weight is 357 g/mol. The van der Waals surface area contributed by atoms with Crippen molar-refractivity contribution in [2.24, 2.45) is 11.7 Å². The van der Waals surface area contributed by atoms with Crippen molar-refractivity contribution in [1.29, 1.82) is 0 Å². The Bertz CT molecular complexity index is 736. The van der Waals surface area contributed by atoms with Gasteiger partial charge in [0.1, 0.15) is 11.7 Å². The monoisotopic (exact) mass is 357 g/mol. The third kappa shape index (κ3) is 3.31. The number of nitrogens with zero attached hydrogens (tertiary/aromatic N) is 3. The van der Waals surface area contributed by atoms with Gasteiger partial charge in [-0.25, -0.2) is 0 Å². The molecule has 3 amide bonds. The lowest BCUT2D eigenvalue weighted by Gasteiger charge is -2.24. The van der Waals surface area contributed by atoms with E-state index in [0.717, 1.165) is 0 Å². The van der Waals surface area contributed by atoms with Gasteiger partial charge in [0.15, 0.2) is 5.78 Å². The van der Waals surface area contributed by atoms with Crippen LogP contribution < -0.4 is 5.73 Å². The lowest BCUT2D eigenvalue weighted by Crippen LogP contribution is -2.44. The molecule has 2 aliphatic heterocycles. The molecule has 3 rings (SSSR count). The summed E-state index contributed by atoms with van der Waals surface area (Å²) >= 11 is 0. The Morgan fingerprint density at radius 1 is 1.35 bits per heavy atom. The Morgan fingerprint density at radius 3 is 2.77 bits per heavy atom. The van der Waals surface area contributed by atoms with E-state index in [9.17, 15) is 19.2 Å². The number of likely N-dealkylation sites (tertiary alicyclic amines) is 2. The van der Waals surface area contributed by atoms with Gasteiger partial charge >= 0.3 is 0 Å². The topological polar surface area (TPSA) is 114 Å². The second-order valence-corrected chi connectivity index (χ2v) is 6.69. The number of fused-ring (bicyclic) bond motifs is 1. The SMILES string of the molecule is CC(C[CH]C(=O)N1CCC2C1C(=O)CN2C(=O)c1ccccn1)C(N)=O. The fourth-order valence-electron chi connectivity index (χ4n) is 3.49. The van der Waals surface area contributed by atoms with Gasteiger partial charge in [-0.05, 0) is 25.0 Å². The van der Waals surface area contributed by atoms with Gasteiger partial charge in [-0.1, -0.05) is 13.0 Å². The number of Topliss-reactive ketones (excluding diaryl/α,β-unsaturated/α-hetero) is 1. The van der Waals surface area contributed by atoms with Crippen molar-refractivity contribution in [2.75, 3.05) is 13.1 Å². The van der Waals surface area contributed by atoms with Crippen molar-refractivity contribution in [1.82, 2.24) is 14.8 Å². The molecule has 3 unspecified atom stereocenters. The molecule has 0 saturated carbocycles. The number of amides is 3. The van der Waals surface area contributed by atoms with Crippen molar-refractivity contribution in [3.05, 3.63) is 36.5 Å². The Morgan fingerprint density at radius 2 is 2.12 bits per heavy atom. The molecule has 2 fully saturated rings. The van der Waals surface area contributed by atoms with Crippen LogP contribution in [0, 0.1) is 12.3 Å². The standard InChI is InChI=1S/C18H21N4O4/c1-11(17(19)25)5-6-15(24)21-9-7-13-16(21)14(23)10-22(13)18(26)12-4-2-3-8-20-12/h2-4,6,8,11,13,16H,5,7,9-10H2,1H3,(H2,19,25). The highest BCUT2D eigenvalue weighted by atomic mass is 16.2. The molecule has 0 bridgehead atoms. The molecule has 2 N–H and O–H groups in total. The number of hydrogen-bond donors (Lipinski definition) is 1. The Balaban J connectivity index is 1.68. The third-order valence-corrected chi connectivity index (χ3v) is 4.98. The van der Waals surface area contributed by atoms with Crippen molar-refractivity contribution in [2.45, 2.75) is 31.8 Å². The highest BCUT2D eigenvalue weighted by molar-refractivity contribution is 6.02. The predicted molar refractivity (Wildman–Crippen MR) is 91.5 cm³/mol. The van der Waals surface area contributed by atoms with Gasteiger partial charge in [-0.15, -0.1) is 0 Å². The minimum Gasteiger partial charge on any atom is -0.369 e. The number of rotatable bonds is 5. The number of nitrogens with two attached hydrogens (primary N) is 1. The van der Waals surface area contributed by atoms with Crippen LogP contribution in [0.4, 0.5) is 0 Å². The number of pyridine rings is 1. The lowest BCUT2D eigenvalue weighted by molar-refractivity contribution is -0.133. The smallest absolute Gasteiger partial charge is 0.273 e. The Labute approximate surface area is 151 Å². The normalized spacial score (nSPS) is 23.0. The van der Waals surface area contributed by atoms with E-state index < -0.39 is 17.9 Å². The molecular formula is C18H21N4O4. The van der Waals surface area contributed by atoms with Crippen molar-refractivity contribution in [3.63, 3.8) is 0 Å². The molecule has 0 aromatic carbocycles. The van der Waals surface area contributed by atoms with Crippen molar-refractivity contribution >= 4 is 23.5 Å². The summed E-state index contributed by atoms with van der Waals surface area (Å²) in [7, 11) is 0. The summed E-state index contributed by atoms with van der Waals surface area (Å²) in [5.41, 5.74) is 5.49. The minimum atomic E-state index is -0.629. The zero-order valence-electron chi connectivity index (χ0n) is 14.5. The van der Waals surface area contributed by atoms with Gasteiger partial charge < -0.3 is 15.5 Å². The number of hydrogen-bond acceptors (Lipinski definition) is 5. The van der Waals surface area contributed by atoms with Crippen LogP contribution in [-0.2, 0) is 14.4 Å². The van der Waals surface area contributed by atoms with E-state index >= 15 is 0 Å². The van der Waals surface area contributed by atoms with Crippen LogP contribution in [0.1, 0.15) is 30.3 Å². The number of carbonyl (C=O) groups excluding carboxylic acids is 4. The highest BCUT2D eigenvalue weighted by Gasteiger charge is 2.51. The summed E-state index contributed by atoms with van der Waals surface area (Å²) in [6.45, 7) is 2.02. The summed E-state index contributed by atoms with van der Waals surface area (Å²) in [5, 5.41) is 0. The van der Waals surface area contributed by atoms with E-state index in [1.165, 1.54) is 22.4 Å². The summed E-state index contributed by atoms with van der Waals surface area (Å²) < 4.78 is 0.